The van der Waals surface area contributed by atoms with E-state index in [-0.39, 0.29) is 12.1 Å². The smallest absolute Gasteiger partial charge is 0.137 e. The highest BCUT2D eigenvalue weighted by Gasteiger charge is 2.40. The van der Waals surface area contributed by atoms with E-state index in [1.54, 1.807) is 11.6 Å². The van der Waals surface area contributed by atoms with Crippen molar-refractivity contribution in [2.75, 3.05) is 0 Å². The predicted octanol–water partition coefficient (Wildman–Crippen LogP) is 3.65. The quantitative estimate of drug-likeness (QED) is 0.528. The average Bonchev–Trinajstić information content (AvgIpc) is 3.39. The number of aryl methyl sites for hydroxylation is 1. The van der Waals surface area contributed by atoms with Crippen LogP contribution in [0.3, 0.4) is 0 Å². The molecule has 154 valence electrons. The van der Waals surface area contributed by atoms with Crippen LogP contribution in [0.15, 0.2) is 67.4 Å². The number of aliphatic hydroxyl groups is 1. The van der Waals surface area contributed by atoms with Gasteiger partial charge in [0.1, 0.15) is 29.9 Å². The third-order valence-electron chi connectivity index (χ3n) is 5.40. The number of nitrogens with zero attached hydrogens (tertiary/aromatic N) is 5. The summed E-state index contributed by atoms with van der Waals surface area (Å²) in [5.41, 5.74) is 0.873. The lowest BCUT2D eigenvalue weighted by Crippen LogP contribution is -2.38. The Kier molecular flexibility index (Phi) is 5.17. The van der Waals surface area contributed by atoms with E-state index in [0.717, 1.165) is 29.0 Å². The topological polar surface area (TPSA) is 68.8 Å². The molecule has 0 aliphatic heterocycles. The Morgan fingerprint density at radius 1 is 1.10 bits per heavy atom. The summed E-state index contributed by atoms with van der Waals surface area (Å²) in [5, 5.41) is 20.1. The van der Waals surface area contributed by atoms with Crippen LogP contribution < -0.4 is 0 Å². The highest BCUT2D eigenvalue weighted by atomic mass is 19.1. The second-order valence-corrected chi connectivity index (χ2v) is 7.36. The van der Waals surface area contributed by atoms with Gasteiger partial charge in [-0.05, 0) is 17.7 Å². The average molecular weight is 409 g/mol. The summed E-state index contributed by atoms with van der Waals surface area (Å²) in [6, 6.07) is 12.7. The zero-order valence-electron chi connectivity index (χ0n) is 16.6. The van der Waals surface area contributed by atoms with Gasteiger partial charge in [0.05, 0.1) is 12.2 Å². The van der Waals surface area contributed by atoms with E-state index in [1.165, 1.54) is 23.4 Å². The fourth-order valence-corrected chi connectivity index (χ4v) is 3.64. The van der Waals surface area contributed by atoms with Gasteiger partial charge < -0.3 is 5.11 Å². The molecule has 4 rings (SSSR count). The summed E-state index contributed by atoms with van der Waals surface area (Å²) in [5.74, 6) is -2.04. The fourth-order valence-electron chi connectivity index (χ4n) is 3.64. The van der Waals surface area contributed by atoms with Crippen LogP contribution >= 0.6 is 0 Å². The van der Waals surface area contributed by atoms with Crippen LogP contribution in [0, 0.1) is 11.6 Å². The van der Waals surface area contributed by atoms with Gasteiger partial charge in [0.25, 0.3) is 0 Å². The Hall–Kier alpha value is -3.39. The maximum atomic E-state index is 14.7. The van der Waals surface area contributed by atoms with Crippen molar-refractivity contribution in [2.45, 2.75) is 25.0 Å². The molecule has 0 saturated heterocycles. The van der Waals surface area contributed by atoms with Gasteiger partial charge in [-0.25, -0.2) is 18.4 Å². The molecular formula is C22H21F2N5O. The van der Waals surface area contributed by atoms with Crippen LogP contribution in [0.4, 0.5) is 8.78 Å². The summed E-state index contributed by atoms with van der Waals surface area (Å²) < 4.78 is 31.3. The highest BCUT2D eigenvalue weighted by molar-refractivity contribution is 5.59. The van der Waals surface area contributed by atoms with E-state index in [9.17, 15) is 13.9 Å². The molecule has 30 heavy (non-hydrogen) atoms. The van der Waals surface area contributed by atoms with E-state index in [1.807, 2.05) is 43.6 Å². The fraction of sp³-hybridized carbons (Fsp3) is 0.227. The molecule has 2 aromatic heterocycles. The molecule has 2 heterocycles. The van der Waals surface area contributed by atoms with Crippen LogP contribution in [-0.2, 0) is 19.2 Å². The zero-order valence-corrected chi connectivity index (χ0v) is 16.6. The number of rotatable bonds is 6. The zero-order chi connectivity index (χ0) is 21.3. The maximum Gasteiger partial charge on any atom is 0.137 e. The third kappa shape index (κ3) is 3.73. The molecule has 0 aliphatic carbocycles. The predicted molar refractivity (Wildman–Crippen MR) is 107 cm³/mol. The molecule has 8 heteroatoms. The van der Waals surface area contributed by atoms with Crippen LogP contribution in [0.5, 0.6) is 0 Å². The first kappa shape index (κ1) is 19.9. The van der Waals surface area contributed by atoms with E-state index < -0.39 is 23.2 Å². The number of aromatic nitrogens is 5. The van der Waals surface area contributed by atoms with Crippen molar-refractivity contribution >= 4 is 0 Å². The Bertz CT molecular complexity index is 1140. The molecule has 0 amide bonds. The van der Waals surface area contributed by atoms with Gasteiger partial charge in [-0.15, -0.1) is 0 Å². The van der Waals surface area contributed by atoms with E-state index in [0.29, 0.717) is 0 Å². The van der Waals surface area contributed by atoms with Gasteiger partial charge in [-0.3, -0.25) is 4.68 Å². The van der Waals surface area contributed by atoms with Gasteiger partial charge in [0.15, 0.2) is 0 Å². The summed E-state index contributed by atoms with van der Waals surface area (Å²) >= 11 is 0. The minimum Gasteiger partial charge on any atom is -0.382 e. The Morgan fingerprint density at radius 3 is 2.47 bits per heavy atom. The van der Waals surface area contributed by atoms with Crippen molar-refractivity contribution in [1.82, 2.24) is 24.5 Å². The third-order valence-corrected chi connectivity index (χ3v) is 5.40. The molecule has 4 aromatic rings. The lowest BCUT2D eigenvalue weighted by atomic mass is 9.77. The van der Waals surface area contributed by atoms with Crippen molar-refractivity contribution in [3.05, 3.63) is 90.1 Å². The second-order valence-electron chi connectivity index (χ2n) is 7.36. The molecular weight excluding hydrogens is 388 g/mol. The van der Waals surface area contributed by atoms with Gasteiger partial charge in [0.2, 0.25) is 0 Å². The van der Waals surface area contributed by atoms with Crippen molar-refractivity contribution in [1.29, 1.82) is 0 Å². The Balaban J connectivity index is 1.72. The highest BCUT2D eigenvalue weighted by Crippen LogP contribution is 2.40. The molecule has 6 nitrogen and oxygen atoms in total. The maximum absolute atomic E-state index is 14.7. The molecule has 0 bridgehead atoms. The summed E-state index contributed by atoms with van der Waals surface area (Å²) in [7, 11) is 1.85. The van der Waals surface area contributed by atoms with Crippen LogP contribution in [-0.4, -0.2) is 29.7 Å². The first-order chi connectivity index (χ1) is 14.4. The number of hydrogen-bond donors (Lipinski definition) is 1. The minimum absolute atomic E-state index is 0.000651. The van der Waals surface area contributed by atoms with Gasteiger partial charge in [-0.2, -0.15) is 10.2 Å². The molecule has 0 saturated carbocycles. The first-order valence-electron chi connectivity index (χ1n) is 9.47. The van der Waals surface area contributed by atoms with E-state index >= 15 is 0 Å². The first-order valence-corrected chi connectivity index (χ1v) is 9.47. The molecule has 0 unspecified atom stereocenters. The normalized spacial score (nSPS) is 14.4. The number of halogens is 2. The molecule has 1 N–H and O–H groups in total. The molecule has 2 aromatic carbocycles. The monoisotopic (exact) mass is 409 g/mol. The lowest BCUT2D eigenvalue weighted by molar-refractivity contribution is -0.0112. The van der Waals surface area contributed by atoms with E-state index in [4.69, 9.17) is 0 Å². The van der Waals surface area contributed by atoms with E-state index in [2.05, 4.69) is 15.2 Å². The standard InChI is InChI=1S/C22H21F2N5O/c1-15(16-3-5-17(6-4-16)21-9-10-28(2)27-21)22(30,12-29-14-25-13-26-29)19-8-7-18(23)11-20(19)24/h3-11,13-15,30H,12H2,1-2H3/t15-,22+/m0/s1. The molecule has 2 atom stereocenters. The van der Waals surface area contributed by atoms with Gasteiger partial charge in [0, 0.05) is 36.4 Å². The second kappa shape index (κ2) is 7.79. The van der Waals surface area contributed by atoms with Gasteiger partial charge in [-0.1, -0.05) is 37.3 Å². The van der Waals surface area contributed by atoms with Crippen molar-refractivity contribution < 1.29 is 13.9 Å². The molecule has 0 radical (unpaired) electrons. The number of benzene rings is 2. The Morgan fingerprint density at radius 2 is 1.87 bits per heavy atom. The molecule has 0 aliphatic rings. The molecule has 0 spiro atoms. The summed E-state index contributed by atoms with van der Waals surface area (Å²) in [6.07, 6.45) is 4.65. The molecule has 0 fully saturated rings. The van der Waals surface area contributed by atoms with Crippen molar-refractivity contribution in [3.63, 3.8) is 0 Å². The van der Waals surface area contributed by atoms with Crippen LogP contribution in [0.1, 0.15) is 24.0 Å². The Labute approximate surface area is 172 Å². The summed E-state index contributed by atoms with van der Waals surface area (Å²) in [6.45, 7) is 1.76. The van der Waals surface area contributed by atoms with Gasteiger partial charge >= 0.3 is 0 Å². The minimum atomic E-state index is -1.68. The van der Waals surface area contributed by atoms with Crippen molar-refractivity contribution in [3.8, 4) is 11.3 Å². The van der Waals surface area contributed by atoms with Crippen LogP contribution in [0.25, 0.3) is 11.3 Å². The van der Waals surface area contributed by atoms with Crippen LogP contribution in [0.2, 0.25) is 0 Å². The lowest BCUT2D eigenvalue weighted by Gasteiger charge is -2.35. The SMILES string of the molecule is C[C@@H](c1ccc(-c2ccn(C)n2)cc1)[C@](O)(Cn1cncn1)c1ccc(F)cc1F. The largest absolute Gasteiger partial charge is 0.382 e. The number of hydrogen-bond acceptors (Lipinski definition) is 4. The summed E-state index contributed by atoms with van der Waals surface area (Å²) in [4.78, 5) is 3.89. The van der Waals surface area contributed by atoms with Crippen molar-refractivity contribution in [2.24, 2.45) is 7.05 Å².